The Morgan fingerprint density at radius 1 is 0.500 bits per heavy atom. The van der Waals surface area contributed by atoms with E-state index in [2.05, 4.69) is 70.6 Å². The lowest BCUT2D eigenvalue weighted by molar-refractivity contribution is 0.0411. The Balaban J connectivity index is 0.000000205. The Bertz CT molecular complexity index is 1760. The molecule has 0 heterocycles. The van der Waals surface area contributed by atoms with E-state index in [1.54, 1.807) is 0 Å². The van der Waals surface area contributed by atoms with E-state index in [9.17, 15) is 24.6 Å². The third-order valence-corrected chi connectivity index (χ3v) is 10.8. The average Bonchev–Trinajstić information content (AvgIpc) is 3.18. The quantitative estimate of drug-likeness (QED) is 0.154. The number of benzene rings is 3. The van der Waals surface area contributed by atoms with E-state index >= 15 is 0 Å². The van der Waals surface area contributed by atoms with Gasteiger partial charge < -0.3 is 40.4 Å². The highest BCUT2D eigenvalue weighted by Crippen LogP contribution is 2.35. The summed E-state index contributed by atoms with van der Waals surface area (Å²) >= 11 is 0. The van der Waals surface area contributed by atoms with Gasteiger partial charge >= 0.3 is 18.3 Å². The molecule has 6 rings (SSSR count). The fraction of sp³-hybridized carbons (Fsp3) is 0.549. The highest BCUT2D eigenvalue weighted by molar-refractivity contribution is 5.70. The van der Waals surface area contributed by atoms with Crippen molar-refractivity contribution in [2.24, 2.45) is 0 Å². The number of carbonyl (C=O) groups is 3. The third kappa shape index (κ3) is 18.2. The first-order valence-corrected chi connectivity index (χ1v) is 22.3. The van der Waals surface area contributed by atoms with Gasteiger partial charge in [0.15, 0.2) is 0 Å². The van der Waals surface area contributed by atoms with E-state index in [1.165, 1.54) is 22.3 Å². The van der Waals surface area contributed by atoms with Crippen LogP contribution < -0.4 is 16.0 Å². The summed E-state index contributed by atoms with van der Waals surface area (Å²) in [7, 11) is 0. The van der Waals surface area contributed by atoms with Gasteiger partial charge in [-0.05, 0) is 142 Å². The van der Waals surface area contributed by atoms with Crippen molar-refractivity contribution in [3.8, 4) is 0 Å². The largest absolute Gasteiger partial charge is 0.444 e. The van der Waals surface area contributed by atoms with E-state index in [4.69, 9.17) is 14.2 Å². The van der Waals surface area contributed by atoms with Gasteiger partial charge in [-0.25, -0.2) is 14.4 Å². The second-order valence-electron chi connectivity index (χ2n) is 19.7. The number of aliphatic hydroxyl groups excluding tert-OH is 2. The average molecular weight is 856 g/mol. The van der Waals surface area contributed by atoms with Gasteiger partial charge in [0, 0.05) is 30.0 Å². The molecule has 3 aromatic carbocycles. The van der Waals surface area contributed by atoms with Crippen molar-refractivity contribution in [3.63, 3.8) is 0 Å². The Hall–Kier alpha value is -4.87. The van der Waals surface area contributed by atoms with Crippen molar-refractivity contribution in [1.29, 1.82) is 0 Å². The summed E-state index contributed by atoms with van der Waals surface area (Å²) in [5, 5.41) is 29.3. The molecule has 0 saturated heterocycles. The van der Waals surface area contributed by atoms with Crippen LogP contribution in [0.1, 0.15) is 149 Å². The molecule has 0 radical (unpaired) electrons. The molecule has 5 N–H and O–H groups in total. The zero-order chi connectivity index (χ0) is 45.5. The van der Waals surface area contributed by atoms with Crippen LogP contribution in [0.2, 0.25) is 0 Å². The molecule has 0 spiro atoms. The molecular weight excluding hydrogens is 783 g/mol. The highest BCUT2D eigenvalue weighted by atomic mass is 16.6. The Kier molecular flexibility index (Phi) is 18.5. The fourth-order valence-electron chi connectivity index (χ4n) is 8.04. The maximum absolute atomic E-state index is 11.8. The summed E-state index contributed by atoms with van der Waals surface area (Å²) < 4.78 is 15.8. The van der Waals surface area contributed by atoms with Crippen molar-refractivity contribution in [2.75, 3.05) is 0 Å². The topological polar surface area (TPSA) is 155 Å². The summed E-state index contributed by atoms with van der Waals surface area (Å²) in [6, 6.07) is 30.7. The normalized spacial score (nSPS) is 23.9. The van der Waals surface area contributed by atoms with Gasteiger partial charge in [0.1, 0.15) is 16.8 Å². The molecule has 7 atom stereocenters. The van der Waals surface area contributed by atoms with Crippen LogP contribution in [-0.4, -0.2) is 75.6 Å². The second-order valence-corrected chi connectivity index (χ2v) is 19.7. The maximum atomic E-state index is 11.8. The van der Waals surface area contributed by atoms with Crippen LogP contribution in [-0.2, 0) is 14.2 Å². The lowest BCUT2D eigenvalue weighted by atomic mass is 9.79. The molecule has 2 saturated carbocycles. The summed E-state index contributed by atoms with van der Waals surface area (Å²) in [5.74, 6) is 0.311. The Morgan fingerprint density at radius 3 is 1.18 bits per heavy atom. The van der Waals surface area contributed by atoms with Crippen molar-refractivity contribution in [1.82, 2.24) is 16.0 Å². The number of amides is 3. The molecule has 2 fully saturated rings. The lowest BCUT2D eigenvalue weighted by Gasteiger charge is -2.34. The molecule has 0 bridgehead atoms. The van der Waals surface area contributed by atoms with Crippen LogP contribution in [0.4, 0.5) is 14.4 Å². The monoisotopic (exact) mass is 856 g/mol. The second kappa shape index (κ2) is 23.0. The van der Waals surface area contributed by atoms with Gasteiger partial charge in [0.05, 0.1) is 12.2 Å². The number of allylic oxidation sites excluding steroid dienone is 1. The molecule has 3 aliphatic carbocycles. The van der Waals surface area contributed by atoms with Crippen LogP contribution in [0.15, 0.2) is 97.1 Å². The highest BCUT2D eigenvalue weighted by Gasteiger charge is 2.33. The van der Waals surface area contributed by atoms with Gasteiger partial charge in [-0.15, -0.1) is 0 Å². The Labute approximate surface area is 370 Å². The summed E-state index contributed by atoms with van der Waals surface area (Å²) in [6.45, 7) is 16.7. The lowest BCUT2D eigenvalue weighted by Crippen LogP contribution is -2.44. The van der Waals surface area contributed by atoms with Crippen molar-refractivity contribution >= 4 is 23.9 Å². The zero-order valence-corrected chi connectivity index (χ0v) is 38.5. The molecule has 62 heavy (non-hydrogen) atoms. The predicted molar refractivity (Wildman–Crippen MR) is 246 cm³/mol. The number of aliphatic hydroxyl groups is 2. The minimum atomic E-state index is -0.496. The smallest absolute Gasteiger partial charge is 0.407 e. The molecule has 1 unspecified atom stereocenters. The first kappa shape index (κ1) is 49.8. The summed E-state index contributed by atoms with van der Waals surface area (Å²) in [6.07, 6.45) is 7.63. The zero-order valence-electron chi connectivity index (χ0n) is 38.5. The predicted octanol–water partition coefficient (Wildman–Crippen LogP) is 10.6. The number of ether oxygens (including phenoxy) is 3. The molecule has 340 valence electrons. The van der Waals surface area contributed by atoms with Crippen LogP contribution in [0.3, 0.4) is 0 Å². The van der Waals surface area contributed by atoms with Crippen LogP contribution in [0, 0.1) is 0 Å². The summed E-state index contributed by atoms with van der Waals surface area (Å²) in [4.78, 5) is 35.3. The van der Waals surface area contributed by atoms with E-state index in [-0.39, 0.29) is 36.1 Å². The van der Waals surface area contributed by atoms with E-state index in [0.29, 0.717) is 12.8 Å². The first-order chi connectivity index (χ1) is 29.1. The molecule has 3 amide bonds. The SMILES string of the molecule is CC(C)(C)OC(=O)NC1CC=C(c2ccccc2)CC1.CC(C)(C)OC(=O)N[C@@H]1CC[C@H](c2ccccc2)[C@@H](O)C1.CC(C)(C)OC(=O)N[C@H]1CC[C@H](c2ccccc2)[C@@H](O)C1. The van der Waals surface area contributed by atoms with E-state index < -0.39 is 41.2 Å². The molecule has 3 aliphatic rings. The van der Waals surface area contributed by atoms with E-state index in [1.807, 2.05) is 105 Å². The Morgan fingerprint density at radius 2 is 0.855 bits per heavy atom. The molecular formula is C51H73N3O8. The van der Waals surface area contributed by atoms with Gasteiger partial charge in [-0.2, -0.15) is 0 Å². The molecule has 0 aliphatic heterocycles. The fourth-order valence-corrected chi connectivity index (χ4v) is 8.04. The number of carbonyl (C=O) groups excluding carboxylic acids is 3. The molecule has 0 aromatic heterocycles. The van der Waals surface area contributed by atoms with Crippen molar-refractivity contribution in [2.45, 2.75) is 179 Å². The molecule has 11 nitrogen and oxygen atoms in total. The van der Waals surface area contributed by atoms with E-state index in [0.717, 1.165) is 44.9 Å². The standard InChI is InChI=1S/2C17H25NO3.C17H23NO2/c2*1-17(2,3)21-16(20)18-13-9-10-14(15(19)11-13)12-7-5-4-6-8-12;1-17(2,3)20-16(19)18-15-11-9-14(10-12-15)13-7-5-4-6-8-13/h2*4-8,13-15,19H,9-11H2,1-3H3,(H,18,20);4-9,15H,10-12H2,1-3H3,(H,18,19)/t13-,14+,15-;13-,14-,15+;/m01./s1. The maximum Gasteiger partial charge on any atom is 0.407 e. The molecule has 11 heteroatoms. The van der Waals surface area contributed by atoms with Crippen molar-refractivity contribution in [3.05, 3.63) is 114 Å². The van der Waals surface area contributed by atoms with Crippen LogP contribution >= 0.6 is 0 Å². The van der Waals surface area contributed by atoms with Gasteiger partial charge in [0.25, 0.3) is 0 Å². The van der Waals surface area contributed by atoms with Crippen molar-refractivity contribution < 1.29 is 38.8 Å². The minimum Gasteiger partial charge on any atom is -0.444 e. The number of hydrogen-bond acceptors (Lipinski definition) is 8. The van der Waals surface area contributed by atoms with Gasteiger partial charge in [-0.3, -0.25) is 0 Å². The van der Waals surface area contributed by atoms with Crippen LogP contribution in [0.25, 0.3) is 5.57 Å². The van der Waals surface area contributed by atoms with Gasteiger partial charge in [-0.1, -0.05) is 97.1 Å². The minimum absolute atomic E-state index is 0.0187. The first-order valence-electron chi connectivity index (χ1n) is 22.3. The number of nitrogens with one attached hydrogen (secondary N) is 3. The van der Waals surface area contributed by atoms with Crippen LogP contribution in [0.5, 0.6) is 0 Å². The van der Waals surface area contributed by atoms with Gasteiger partial charge in [0.2, 0.25) is 0 Å². The number of rotatable bonds is 6. The third-order valence-electron chi connectivity index (χ3n) is 10.8. The number of hydrogen-bond donors (Lipinski definition) is 5. The number of alkyl carbamates (subject to hydrolysis) is 3. The summed E-state index contributed by atoms with van der Waals surface area (Å²) in [5.41, 5.74) is 3.55. The molecule has 3 aromatic rings.